The molecule has 3 rings (SSSR count). The van der Waals surface area contributed by atoms with Gasteiger partial charge < -0.3 is 0 Å². The predicted octanol–water partition coefficient (Wildman–Crippen LogP) is 3.63. The third kappa shape index (κ3) is 2.75. The van der Waals surface area contributed by atoms with E-state index >= 15 is 0 Å². The fourth-order valence-electron chi connectivity index (χ4n) is 1.68. The molecule has 3 aromatic rings. The molecule has 0 bridgehead atoms. The smallest absolute Gasteiger partial charge is 0.267 e. The Morgan fingerprint density at radius 3 is 2.85 bits per heavy atom. The fraction of sp³-hybridized carbons (Fsp3) is 0. The van der Waals surface area contributed by atoms with Crippen LogP contribution in [0.25, 0.3) is 17.1 Å². The van der Waals surface area contributed by atoms with Crippen molar-refractivity contribution >= 4 is 51.7 Å². The first-order chi connectivity index (χ1) is 9.61. The molecule has 0 aliphatic rings. The molecule has 0 aliphatic carbocycles. The number of hydrogen-bond acceptors (Lipinski definition) is 4. The Kier molecular flexibility index (Phi) is 3.56. The third-order valence-electron chi connectivity index (χ3n) is 2.54. The number of halogens is 2. The van der Waals surface area contributed by atoms with E-state index in [0.717, 1.165) is 16.9 Å². The lowest BCUT2D eigenvalue weighted by molar-refractivity contribution is 0.897. The lowest BCUT2D eigenvalue weighted by atomic mass is 10.2. The van der Waals surface area contributed by atoms with E-state index < -0.39 is 0 Å². The van der Waals surface area contributed by atoms with Gasteiger partial charge in [0, 0.05) is 11.1 Å². The highest BCUT2D eigenvalue weighted by Gasteiger charge is 2.05. The minimum atomic E-state index is -0.260. The fourth-order valence-corrected chi connectivity index (χ4v) is 2.80. The predicted molar refractivity (Wildman–Crippen MR) is 82.5 cm³/mol. The van der Waals surface area contributed by atoms with E-state index in [2.05, 4.69) is 10.1 Å². The Labute approximate surface area is 127 Å². The van der Waals surface area contributed by atoms with Gasteiger partial charge in [-0.25, -0.2) is 4.98 Å². The molecule has 20 heavy (non-hydrogen) atoms. The second kappa shape index (κ2) is 5.36. The van der Waals surface area contributed by atoms with Gasteiger partial charge in [-0.1, -0.05) is 41.1 Å². The summed E-state index contributed by atoms with van der Waals surface area (Å²) in [6, 6.07) is 8.81. The second-order valence-corrected chi connectivity index (χ2v) is 5.93. The number of benzene rings is 1. The van der Waals surface area contributed by atoms with Crippen LogP contribution in [0.5, 0.6) is 0 Å². The molecule has 7 heteroatoms. The van der Waals surface area contributed by atoms with Crippen molar-refractivity contribution in [3.8, 4) is 0 Å². The van der Waals surface area contributed by atoms with E-state index in [4.69, 9.17) is 23.2 Å². The topological polar surface area (TPSA) is 47.3 Å². The zero-order valence-corrected chi connectivity index (χ0v) is 12.3. The SMILES string of the molecule is O=c1cc(C=Cc2cccc(Cl)c2)nc2sc(Cl)nn12. The van der Waals surface area contributed by atoms with Crippen LogP contribution in [-0.4, -0.2) is 14.6 Å². The van der Waals surface area contributed by atoms with Crippen LogP contribution >= 0.6 is 34.5 Å². The molecule has 1 aromatic carbocycles. The lowest BCUT2D eigenvalue weighted by Gasteiger charge is -1.95. The molecule has 0 amide bonds. The van der Waals surface area contributed by atoms with Crippen LogP contribution in [0.4, 0.5) is 0 Å². The van der Waals surface area contributed by atoms with Gasteiger partial charge in [0.05, 0.1) is 5.69 Å². The van der Waals surface area contributed by atoms with Gasteiger partial charge in [0.2, 0.25) is 9.43 Å². The van der Waals surface area contributed by atoms with Crippen LogP contribution in [0.3, 0.4) is 0 Å². The monoisotopic (exact) mass is 323 g/mol. The maximum atomic E-state index is 11.8. The summed E-state index contributed by atoms with van der Waals surface area (Å²) >= 11 is 12.8. The van der Waals surface area contributed by atoms with E-state index in [9.17, 15) is 4.79 Å². The standard InChI is InChI=1S/C13H7Cl2N3OS/c14-9-3-1-2-8(6-9)4-5-10-7-11(19)18-13(16-10)20-12(15)17-18/h1-7H. The minimum Gasteiger partial charge on any atom is -0.267 e. The Hall–Kier alpha value is -1.69. The van der Waals surface area contributed by atoms with Crippen LogP contribution < -0.4 is 5.56 Å². The van der Waals surface area contributed by atoms with Crippen molar-refractivity contribution in [3.63, 3.8) is 0 Å². The maximum absolute atomic E-state index is 11.8. The summed E-state index contributed by atoms with van der Waals surface area (Å²) in [6.45, 7) is 0. The Morgan fingerprint density at radius 1 is 1.20 bits per heavy atom. The molecular formula is C13H7Cl2N3OS. The van der Waals surface area contributed by atoms with Gasteiger partial charge in [0.25, 0.3) is 5.56 Å². The molecule has 0 N–H and O–H groups in total. The average molecular weight is 324 g/mol. The van der Waals surface area contributed by atoms with Crippen molar-refractivity contribution in [2.75, 3.05) is 0 Å². The van der Waals surface area contributed by atoms with Crippen molar-refractivity contribution in [1.82, 2.24) is 14.6 Å². The second-order valence-electron chi connectivity index (χ2n) is 3.96. The van der Waals surface area contributed by atoms with Crippen LogP contribution in [0.1, 0.15) is 11.3 Å². The number of nitrogens with zero attached hydrogens (tertiary/aromatic N) is 3. The number of aromatic nitrogens is 3. The molecule has 0 fully saturated rings. The minimum absolute atomic E-state index is 0.260. The molecule has 0 saturated heterocycles. The molecule has 4 nitrogen and oxygen atoms in total. The summed E-state index contributed by atoms with van der Waals surface area (Å²) < 4.78 is 1.47. The van der Waals surface area contributed by atoms with Crippen molar-refractivity contribution < 1.29 is 0 Å². The van der Waals surface area contributed by atoms with E-state index in [1.165, 1.54) is 10.6 Å². The van der Waals surface area contributed by atoms with E-state index in [1.807, 2.05) is 24.3 Å². The number of hydrogen-bond donors (Lipinski definition) is 0. The Balaban J connectivity index is 2.00. The average Bonchev–Trinajstić information content (AvgIpc) is 2.78. The molecule has 0 unspecified atom stereocenters. The van der Waals surface area contributed by atoms with Gasteiger partial charge in [0.1, 0.15) is 0 Å². The van der Waals surface area contributed by atoms with Crippen LogP contribution in [0.15, 0.2) is 35.1 Å². The molecule has 0 aliphatic heterocycles. The molecule has 0 radical (unpaired) electrons. The van der Waals surface area contributed by atoms with Gasteiger partial charge in [-0.05, 0) is 35.4 Å². The zero-order valence-electron chi connectivity index (χ0n) is 9.96. The van der Waals surface area contributed by atoms with Crippen molar-refractivity contribution in [1.29, 1.82) is 0 Å². The van der Waals surface area contributed by atoms with Gasteiger partial charge in [-0.3, -0.25) is 4.79 Å². The van der Waals surface area contributed by atoms with Gasteiger partial charge in [-0.2, -0.15) is 4.52 Å². The first-order valence-corrected chi connectivity index (χ1v) is 7.19. The maximum Gasteiger partial charge on any atom is 0.275 e. The summed E-state index contributed by atoms with van der Waals surface area (Å²) in [5.74, 6) is 0. The summed E-state index contributed by atoms with van der Waals surface area (Å²) in [7, 11) is 0. The van der Waals surface area contributed by atoms with Crippen LogP contribution in [0.2, 0.25) is 9.49 Å². The van der Waals surface area contributed by atoms with Crippen LogP contribution in [-0.2, 0) is 0 Å². The van der Waals surface area contributed by atoms with Crippen molar-refractivity contribution in [3.05, 3.63) is 61.4 Å². The highest BCUT2D eigenvalue weighted by Crippen LogP contribution is 2.17. The third-order valence-corrected chi connectivity index (χ3v) is 3.77. The highest BCUT2D eigenvalue weighted by atomic mass is 35.5. The Bertz CT molecular complexity index is 869. The first kappa shape index (κ1) is 13.3. The first-order valence-electron chi connectivity index (χ1n) is 5.62. The number of fused-ring (bicyclic) bond motifs is 1. The zero-order chi connectivity index (χ0) is 14.1. The van der Waals surface area contributed by atoms with Crippen LogP contribution in [0, 0.1) is 0 Å². The summed E-state index contributed by atoms with van der Waals surface area (Å²) in [6.07, 6.45) is 3.59. The highest BCUT2D eigenvalue weighted by molar-refractivity contribution is 7.20. The largest absolute Gasteiger partial charge is 0.275 e. The lowest BCUT2D eigenvalue weighted by Crippen LogP contribution is -2.14. The van der Waals surface area contributed by atoms with Gasteiger partial charge in [0.15, 0.2) is 0 Å². The summed E-state index contributed by atoms with van der Waals surface area (Å²) in [5, 5.41) is 4.53. The van der Waals surface area contributed by atoms with E-state index in [-0.39, 0.29) is 10.0 Å². The molecule has 100 valence electrons. The molecule has 2 heterocycles. The van der Waals surface area contributed by atoms with E-state index in [1.54, 1.807) is 12.1 Å². The molecular weight excluding hydrogens is 317 g/mol. The number of rotatable bonds is 2. The summed E-state index contributed by atoms with van der Waals surface area (Å²) in [5.41, 5.74) is 1.22. The van der Waals surface area contributed by atoms with Gasteiger partial charge in [-0.15, -0.1) is 5.10 Å². The summed E-state index contributed by atoms with van der Waals surface area (Å²) in [4.78, 5) is 16.6. The molecule has 0 spiro atoms. The van der Waals surface area contributed by atoms with Crippen molar-refractivity contribution in [2.45, 2.75) is 0 Å². The molecule has 2 aromatic heterocycles. The van der Waals surface area contributed by atoms with Crippen molar-refractivity contribution in [2.24, 2.45) is 0 Å². The molecule has 0 atom stereocenters. The molecule has 0 saturated carbocycles. The van der Waals surface area contributed by atoms with Gasteiger partial charge >= 0.3 is 0 Å². The Morgan fingerprint density at radius 2 is 2.05 bits per heavy atom. The normalized spacial score (nSPS) is 11.5. The quantitative estimate of drug-likeness (QED) is 0.723. The van der Waals surface area contributed by atoms with E-state index in [0.29, 0.717) is 15.7 Å².